The van der Waals surface area contributed by atoms with Crippen LogP contribution in [0.3, 0.4) is 0 Å². The molecule has 0 atom stereocenters. The van der Waals surface area contributed by atoms with Crippen LogP contribution in [-0.4, -0.2) is 13.2 Å². The first kappa shape index (κ1) is 16.8. The normalized spacial score (nSPS) is 33.5. The minimum Gasteiger partial charge on any atom is -0.377 e. The summed E-state index contributed by atoms with van der Waals surface area (Å²) in [6.07, 6.45) is 18.1. The first-order valence-corrected chi connectivity index (χ1v) is 9.13. The largest absolute Gasteiger partial charge is 0.377 e. The Kier molecular flexibility index (Phi) is 7.57. The summed E-state index contributed by atoms with van der Waals surface area (Å²) in [6.45, 7) is 9.23. The van der Waals surface area contributed by atoms with Gasteiger partial charge in [0.15, 0.2) is 0 Å². The molecule has 0 aromatic carbocycles. The van der Waals surface area contributed by atoms with Gasteiger partial charge in [0.05, 0.1) is 6.61 Å². The van der Waals surface area contributed by atoms with Crippen LogP contribution in [0.5, 0.6) is 0 Å². The summed E-state index contributed by atoms with van der Waals surface area (Å²) < 4.78 is 5.63. The van der Waals surface area contributed by atoms with Crippen LogP contribution in [0.4, 0.5) is 0 Å². The highest BCUT2D eigenvalue weighted by molar-refractivity contribution is 4.83. The van der Waals surface area contributed by atoms with Crippen LogP contribution in [0.15, 0.2) is 25.3 Å². The molecule has 0 saturated heterocycles. The maximum absolute atomic E-state index is 5.63. The Hall–Kier alpha value is -0.560. The van der Waals surface area contributed by atoms with E-state index in [2.05, 4.69) is 19.2 Å². The van der Waals surface area contributed by atoms with Crippen molar-refractivity contribution in [1.82, 2.24) is 0 Å². The van der Waals surface area contributed by atoms with Crippen molar-refractivity contribution >= 4 is 0 Å². The van der Waals surface area contributed by atoms with Gasteiger partial charge >= 0.3 is 0 Å². The Labute approximate surface area is 131 Å². The lowest BCUT2D eigenvalue weighted by molar-refractivity contribution is 0.0781. The van der Waals surface area contributed by atoms with Crippen LogP contribution < -0.4 is 0 Å². The Morgan fingerprint density at radius 1 is 0.762 bits per heavy atom. The molecule has 2 saturated carbocycles. The zero-order valence-corrected chi connectivity index (χ0v) is 13.8. The number of allylic oxidation sites excluding steroid dienone is 1. The molecular formula is C20H34O. The van der Waals surface area contributed by atoms with E-state index >= 15 is 0 Å². The van der Waals surface area contributed by atoms with Crippen LogP contribution >= 0.6 is 0 Å². The van der Waals surface area contributed by atoms with E-state index in [-0.39, 0.29) is 0 Å². The number of hydrogen-bond acceptors (Lipinski definition) is 1. The molecule has 120 valence electrons. The Bertz CT molecular complexity index is 293. The Balaban J connectivity index is 1.62. The third-order valence-electron chi connectivity index (χ3n) is 5.82. The molecular weight excluding hydrogens is 256 g/mol. The number of rotatable bonds is 8. The first-order valence-electron chi connectivity index (χ1n) is 9.13. The van der Waals surface area contributed by atoms with Crippen molar-refractivity contribution in [1.29, 1.82) is 0 Å². The minimum absolute atomic E-state index is 0.717. The van der Waals surface area contributed by atoms with Gasteiger partial charge in [0.1, 0.15) is 0 Å². The molecule has 0 aromatic heterocycles. The molecule has 2 rings (SSSR count). The average molecular weight is 290 g/mol. The van der Waals surface area contributed by atoms with Crippen molar-refractivity contribution in [2.75, 3.05) is 13.2 Å². The van der Waals surface area contributed by atoms with Gasteiger partial charge in [-0.05, 0) is 75.0 Å². The Morgan fingerprint density at radius 2 is 1.33 bits per heavy atom. The summed E-state index contributed by atoms with van der Waals surface area (Å²) in [7, 11) is 0. The standard InChI is InChI=1S/C20H34O/c1-3-5-6-17-7-11-19(12-8-17)20-13-9-18(10-14-20)16-21-15-4-2/h3-4,17-20H,1-2,5-16H2. The summed E-state index contributed by atoms with van der Waals surface area (Å²) in [5.74, 6) is 3.84. The average Bonchev–Trinajstić information content (AvgIpc) is 2.54. The molecule has 1 heteroatoms. The maximum atomic E-state index is 5.63. The van der Waals surface area contributed by atoms with E-state index in [0.717, 1.165) is 30.3 Å². The molecule has 0 radical (unpaired) electrons. The molecule has 0 spiro atoms. The van der Waals surface area contributed by atoms with E-state index in [1.807, 2.05) is 6.08 Å². The van der Waals surface area contributed by atoms with Gasteiger partial charge in [-0.15, -0.1) is 13.2 Å². The van der Waals surface area contributed by atoms with Gasteiger partial charge < -0.3 is 4.74 Å². The van der Waals surface area contributed by atoms with Gasteiger partial charge in [0.2, 0.25) is 0 Å². The Morgan fingerprint density at radius 3 is 1.86 bits per heavy atom. The SMILES string of the molecule is C=CCCC1CCC(C2CCC(COCC=C)CC2)CC1. The summed E-state index contributed by atoms with van der Waals surface area (Å²) >= 11 is 0. The van der Waals surface area contributed by atoms with Gasteiger partial charge in [-0.1, -0.05) is 25.0 Å². The lowest BCUT2D eigenvalue weighted by Gasteiger charge is -2.37. The molecule has 2 aliphatic rings. The van der Waals surface area contributed by atoms with Gasteiger partial charge in [-0.3, -0.25) is 0 Å². The van der Waals surface area contributed by atoms with Crippen molar-refractivity contribution in [3.8, 4) is 0 Å². The molecule has 0 unspecified atom stereocenters. The second-order valence-corrected chi connectivity index (χ2v) is 7.25. The van der Waals surface area contributed by atoms with Gasteiger partial charge in [0, 0.05) is 6.61 Å². The third kappa shape index (κ3) is 5.62. The monoisotopic (exact) mass is 290 g/mol. The fraction of sp³-hybridized carbons (Fsp3) is 0.800. The van der Waals surface area contributed by atoms with Crippen molar-refractivity contribution in [3.05, 3.63) is 25.3 Å². The van der Waals surface area contributed by atoms with E-state index in [9.17, 15) is 0 Å². The zero-order chi connectivity index (χ0) is 14.9. The number of hydrogen-bond donors (Lipinski definition) is 0. The third-order valence-corrected chi connectivity index (χ3v) is 5.82. The topological polar surface area (TPSA) is 9.23 Å². The van der Waals surface area contributed by atoms with E-state index in [1.54, 1.807) is 0 Å². The van der Waals surface area contributed by atoms with Gasteiger partial charge in [-0.2, -0.15) is 0 Å². The van der Waals surface area contributed by atoms with Crippen LogP contribution in [-0.2, 0) is 4.74 Å². The van der Waals surface area contributed by atoms with E-state index < -0.39 is 0 Å². The van der Waals surface area contributed by atoms with Crippen LogP contribution in [0, 0.1) is 23.7 Å². The predicted molar refractivity (Wildman–Crippen MR) is 91.3 cm³/mol. The summed E-state index contributed by atoms with van der Waals surface area (Å²) in [6, 6.07) is 0. The van der Waals surface area contributed by atoms with E-state index in [4.69, 9.17) is 4.74 Å². The van der Waals surface area contributed by atoms with Gasteiger partial charge in [-0.25, -0.2) is 0 Å². The molecule has 0 aromatic rings. The quantitative estimate of drug-likeness (QED) is 0.407. The smallest absolute Gasteiger partial charge is 0.0644 e. The fourth-order valence-corrected chi connectivity index (χ4v) is 4.45. The maximum Gasteiger partial charge on any atom is 0.0644 e. The highest BCUT2D eigenvalue weighted by Crippen LogP contribution is 2.42. The number of ether oxygens (including phenoxy) is 1. The van der Waals surface area contributed by atoms with Crippen LogP contribution in [0.25, 0.3) is 0 Å². The van der Waals surface area contributed by atoms with E-state index in [1.165, 1.54) is 64.2 Å². The molecule has 2 aliphatic carbocycles. The molecule has 0 heterocycles. The van der Waals surface area contributed by atoms with E-state index in [0.29, 0.717) is 6.61 Å². The van der Waals surface area contributed by atoms with Crippen LogP contribution in [0.2, 0.25) is 0 Å². The lowest BCUT2D eigenvalue weighted by atomic mass is 9.69. The molecule has 2 fully saturated rings. The predicted octanol–water partition coefficient (Wildman–Crippen LogP) is 5.77. The summed E-state index contributed by atoms with van der Waals surface area (Å²) in [5, 5.41) is 0. The van der Waals surface area contributed by atoms with Crippen molar-refractivity contribution in [2.45, 2.75) is 64.2 Å². The highest BCUT2D eigenvalue weighted by Gasteiger charge is 2.30. The lowest BCUT2D eigenvalue weighted by Crippen LogP contribution is -2.27. The second kappa shape index (κ2) is 9.46. The van der Waals surface area contributed by atoms with Crippen molar-refractivity contribution in [3.63, 3.8) is 0 Å². The second-order valence-electron chi connectivity index (χ2n) is 7.25. The van der Waals surface area contributed by atoms with Gasteiger partial charge in [0.25, 0.3) is 0 Å². The van der Waals surface area contributed by atoms with Crippen LogP contribution in [0.1, 0.15) is 64.2 Å². The van der Waals surface area contributed by atoms with Crippen molar-refractivity contribution < 1.29 is 4.74 Å². The molecule has 0 aliphatic heterocycles. The molecule has 21 heavy (non-hydrogen) atoms. The minimum atomic E-state index is 0.717. The summed E-state index contributed by atoms with van der Waals surface area (Å²) in [5.41, 5.74) is 0. The fourth-order valence-electron chi connectivity index (χ4n) is 4.45. The summed E-state index contributed by atoms with van der Waals surface area (Å²) in [4.78, 5) is 0. The first-order chi connectivity index (χ1) is 10.3. The highest BCUT2D eigenvalue weighted by atomic mass is 16.5. The van der Waals surface area contributed by atoms with Crippen molar-refractivity contribution in [2.24, 2.45) is 23.7 Å². The molecule has 0 N–H and O–H groups in total. The zero-order valence-electron chi connectivity index (χ0n) is 13.8. The molecule has 0 amide bonds. The molecule has 0 bridgehead atoms. The molecule has 1 nitrogen and oxygen atoms in total.